The number of fused-ring (bicyclic) bond motifs is 1. The molecule has 0 bridgehead atoms. The highest BCUT2D eigenvalue weighted by Crippen LogP contribution is 2.22. The predicted octanol–water partition coefficient (Wildman–Crippen LogP) is 2.76. The summed E-state index contributed by atoms with van der Waals surface area (Å²) in [5.74, 6) is -0.156. The largest absolute Gasteiger partial charge is 0.329 e. The summed E-state index contributed by atoms with van der Waals surface area (Å²) in [5.41, 5.74) is 6.75. The summed E-state index contributed by atoms with van der Waals surface area (Å²) in [5, 5.41) is 1.69. The van der Waals surface area contributed by atoms with Gasteiger partial charge in [0.05, 0.1) is 0 Å². The smallest absolute Gasteiger partial charge is 0.131 e. The Bertz CT molecular complexity index is 525. The van der Waals surface area contributed by atoms with Gasteiger partial charge in [-0.3, -0.25) is 4.90 Å². The van der Waals surface area contributed by atoms with Crippen molar-refractivity contribution in [2.75, 3.05) is 19.6 Å². The molecule has 2 aromatic carbocycles. The van der Waals surface area contributed by atoms with Crippen LogP contribution in [0.4, 0.5) is 4.39 Å². The van der Waals surface area contributed by atoms with Gasteiger partial charge in [0.15, 0.2) is 0 Å². The summed E-state index contributed by atoms with van der Waals surface area (Å²) in [6.07, 6.45) is 0. The fraction of sp³-hybridized carbons (Fsp3) is 0.333. The molecular weight excluding hydrogens is 227 g/mol. The van der Waals surface area contributed by atoms with Crippen LogP contribution in [0.5, 0.6) is 0 Å². The average Bonchev–Trinajstić information content (AvgIpc) is 2.41. The first-order valence-corrected chi connectivity index (χ1v) is 6.34. The predicted molar refractivity (Wildman–Crippen MR) is 73.9 cm³/mol. The maximum atomic E-state index is 13.7. The lowest BCUT2D eigenvalue weighted by Crippen LogP contribution is -2.28. The number of nitrogens with two attached hydrogens (primary N) is 1. The minimum absolute atomic E-state index is 0.156. The Morgan fingerprint density at radius 3 is 2.50 bits per heavy atom. The van der Waals surface area contributed by atoms with Crippen LogP contribution in [0.25, 0.3) is 10.8 Å². The molecule has 2 aromatic rings. The van der Waals surface area contributed by atoms with Crippen molar-refractivity contribution >= 4 is 10.8 Å². The van der Waals surface area contributed by atoms with E-state index in [1.54, 1.807) is 6.07 Å². The lowest BCUT2D eigenvalue weighted by atomic mass is 10.0. The fourth-order valence-corrected chi connectivity index (χ4v) is 2.24. The average molecular weight is 246 g/mol. The first-order chi connectivity index (χ1) is 8.76. The van der Waals surface area contributed by atoms with E-state index < -0.39 is 0 Å². The van der Waals surface area contributed by atoms with E-state index in [9.17, 15) is 4.39 Å². The molecule has 18 heavy (non-hydrogen) atoms. The van der Waals surface area contributed by atoms with Crippen LogP contribution in [-0.4, -0.2) is 24.5 Å². The van der Waals surface area contributed by atoms with Gasteiger partial charge in [-0.1, -0.05) is 37.3 Å². The fourth-order valence-electron chi connectivity index (χ4n) is 2.24. The molecule has 0 saturated carbocycles. The zero-order chi connectivity index (χ0) is 13.0. The lowest BCUT2D eigenvalue weighted by Gasteiger charge is -2.20. The Hall–Kier alpha value is -1.45. The van der Waals surface area contributed by atoms with E-state index in [4.69, 9.17) is 5.73 Å². The van der Waals surface area contributed by atoms with Crippen LogP contribution in [0.3, 0.4) is 0 Å². The summed E-state index contributed by atoms with van der Waals surface area (Å²) in [4.78, 5) is 2.26. The number of hydrogen-bond donors (Lipinski definition) is 1. The van der Waals surface area contributed by atoms with Crippen molar-refractivity contribution in [3.63, 3.8) is 0 Å². The Balaban J connectivity index is 2.36. The number of benzene rings is 2. The monoisotopic (exact) mass is 246 g/mol. The number of nitrogens with zero attached hydrogens (tertiary/aromatic N) is 1. The van der Waals surface area contributed by atoms with Gasteiger partial charge >= 0.3 is 0 Å². The van der Waals surface area contributed by atoms with E-state index in [0.29, 0.717) is 11.9 Å². The molecule has 0 spiro atoms. The second-order valence-electron chi connectivity index (χ2n) is 4.41. The summed E-state index contributed by atoms with van der Waals surface area (Å²) < 4.78 is 13.7. The Kier molecular flexibility index (Phi) is 4.28. The Morgan fingerprint density at radius 1 is 1.11 bits per heavy atom. The van der Waals surface area contributed by atoms with Gasteiger partial charge in [0, 0.05) is 25.0 Å². The number of likely N-dealkylation sites (N-methyl/N-ethyl adjacent to an activating group) is 1. The molecule has 0 amide bonds. The molecular formula is C15H19FN2. The van der Waals surface area contributed by atoms with Gasteiger partial charge < -0.3 is 5.73 Å². The van der Waals surface area contributed by atoms with Gasteiger partial charge in [0.1, 0.15) is 5.82 Å². The molecule has 96 valence electrons. The van der Waals surface area contributed by atoms with Crippen LogP contribution >= 0.6 is 0 Å². The highest BCUT2D eigenvalue weighted by molar-refractivity contribution is 5.86. The lowest BCUT2D eigenvalue weighted by molar-refractivity contribution is 0.289. The molecule has 0 radical (unpaired) electrons. The van der Waals surface area contributed by atoms with Crippen molar-refractivity contribution in [1.29, 1.82) is 0 Å². The highest BCUT2D eigenvalue weighted by Gasteiger charge is 2.08. The van der Waals surface area contributed by atoms with E-state index >= 15 is 0 Å². The molecule has 0 aliphatic heterocycles. The Labute approximate surface area is 107 Å². The van der Waals surface area contributed by atoms with Gasteiger partial charge in [-0.15, -0.1) is 0 Å². The molecule has 2 rings (SSSR count). The summed E-state index contributed by atoms with van der Waals surface area (Å²) in [6.45, 7) is 5.38. The van der Waals surface area contributed by atoms with Crippen molar-refractivity contribution in [1.82, 2.24) is 4.90 Å². The van der Waals surface area contributed by atoms with Crippen molar-refractivity contribution < 1.29 is 4.39 Å². The van der Waals surface area contributed by atoms with Crippen molar-refractivity contribution in [2.45, 2.75) is 13.5 Å². The van der Waals surface area contributed by atoms with E-state index in [1.165, 1.54) is 0 Å². The second-order valence-corrected chi connectivity index (χ2v) is 4.41. The van der Waals surface area contributed by atoms with E-state index in [-0.39, 0.29) is 5.82 Å². The first-order valence-electron chi connectivity index (χ1n) is 6.34. The van der Waals surface area contributed by atoms with Crippen LogP contribution in [0.1, 0.15) is 12.5 Å². The van der Waals surface area contributed by atoms with Gasteiger partial charge in [0.2, 0.25) is 0 Å². The third kappa shape index (κ3) is 2.68. The summed E-state index contributed by atoms with van der Waals surface area (Å²) >= 11 is 0. The number of hydrogen-bond acceptors (Lipinski definition) is 2. The zero-order valence-electron chi connectivity index (χ0n) is 10.7. The zero-order valence-corrected chi connectivity index (χ0v) is 10.7. The van der Waals surface area contributed by atoms with Crippen LogP contribution < -0.4 is 5.73 Å². The summed E-state index contributed by atoms with van der Waals surface area (Å²) in [6, 6.07) is 11.0. The highest BCUT2D eigenvalue weighted by atomic mass is 19.1. The van der Waals surface area contributed by atoms with E-state index in [1.807, 2.05) is 30.3 Å². The molecule has 2 nitrogen and oxygen atoms in total. The molecule has 0 fully saturated rings. The minimum atomic E-state index is -0.156. The number of halogens is 1. The van der Waals surface area contributed by atoms with Gasteiger partial charge in [-0.2, -0.15) is 0 Å². The van der Waals surface area contributed by atoms with Crippen molar-refractivity contribution in [3.8, 4) is 0 Å². The van der Waals surface area contributed by atoms with Crippen LogP contribution in [-0.2, 0) is 6.54 Å². The maximum absolute atomic E-state index is 13.7. The molecule has 0 aliphatic carbocycles. The third-order valence-corrected chi connectivity index (χ3v) is 3.25. The van der Waals surface area contributed by atoms with Crippen LogP contribution in [0.15, 0.2) is 36.4 Å². The molecule has 2 N–H and O–H groups in total. The van der Waals surface area contributed by atoms with Gasteiger partial charge in [-0.25, -0.2) is 4.39 Å². The second kappa shape index (κ2) is 5.94. The first kappa shape index (κ1) is 13.0. The van der Waals surface area contributed by atoms with Gasteiger partial charge in [0.25, 0.3) is 0 Å². The molecule has 0 aliphatic rings. The third-order valence-electron chi connectivity index (χ3n) is 3.25. The molecule has 0 heterocycles. The maximum Gasteiger partial charge on any atom is 0.131 e. The summed E-state index contributed by atoms with van der Waals surface area (Å²) in [7, 11) is 0. The molecule has 0 saturated heterocycles. The molecule has 0 atom stereocenters. The van der Waals surface area contributed by atoms with E-state index in [0.717, 1.165) is 30.6 Å². The van der Waals surface area contributed by atoms with Crippen LogP contribution in [0.2, 0.25) is 0 Å². The van der Waals surface area contributed by atoms with Crippen LogP contribution in [0, 0.1) is 5.82 Å². The normalized spacial score (nSPS) is 11.3. The SMILES string of the molecule is CCN(CCN)Cc1ccc(F)c2ccccc12. The van der Waals surface area contributed by atoms with E-state index in [2.05, 4.69) is 11.8 Å². The number of rotatable bonds is 5. The molecule has 3 heteroatoms. The molecule has 0 unspecified atom stereocenters. The Morgan fingerprint density at radius 2 is 1.83 bits per heavy atom. The molecule has 0 aromatic heterocycles. The van der Waals surface area contributed by atoms with Crippen molar-refractivity contribution in [3.05, 3.63) is 47.8 Å². The quantitative estimate of drug-likeness (QED) is 0.879. The minimum Gasteiger partial charge on any atom is -0.329 e. The van der Waals surface area contributed by atoms with Gasteiger partial charge in [-0.05, 0) is 23.6 Å². The topological polar surface area (TPSA) is 29.3 Å². The van der Waals surface area contributed by atoms with Crippen molar-refractivity contribution in [2.24, 2.45) is 5.73 Å². The standard InChI is InChI=1S/C15H19FN2/c1-2-18(10-9-17)11-12-7-8-15(16)14-6-4-3-5-13(12)14/h3-8H,2,9-11,17H2,1H3.